The normalized spacial score (nSPS) is 28.9. The Morgan fingerprint density at radius 1 is 1.26 bits per heavy atom. The van der Waals surface area contributed by atoms with E-state index in [1.54, 1.807) is 18.2 Å². The number of rotatable bonds is 3. The van der Waals surface area contributed by atoms with Crippen LogP contribution in [0.1, 0.15) is 11.8 Å². The van der Waals surface area contributed by atoms with Gasteiger partial charge in [0.1, 0.15) is 24.4 Å². The maximum Gasteiger partial charge on any atom is 0.223 e. The Morgan fingerprint density at radius 3 is 2.59 bits per heavy atom. The van der Waals surface area contributed by atoms with Gasteiger partial charge in [-0.1, -0.05) is 11.6 Å². The van der Waals surface area contributed by atoms with Crippen LogP contribution in [-0.4, -0.2) is 66.2 Å². The Kier molecular flexibility index (Phi) is 5.42. The molecule has 0 aliphatic carbocycles. The lowest BCUT2D eigenvalue weighted by Crippen LogP contribution is -2.56. The molecule has 27 heavy (non-hydrogen) atoms. The standard InChI is InChI=1S/C16H20N4O6S/c1-6-2-3-8-7(4-6)10(18-19-16(17)27)14(25)20(8)15-13(24)12(23)11(22)9(5-21)26-15/h2-4,9,11-13,15,21-25H,5H2,1H3,(H2,17,27). The Morgan fingerprint density at radius 2 is 1.96 bits per heavy atom. The number of thiocarbonyl (C=S) groups is 1. The van der Waals surface area contributed by atoms with Crippen LogP contribution in [-0.2, 0) is 4.74 Å². The van der Waals surface area contributed by atoms with Gasteiger partial charge >= 0.3 is 0 Å². The first-order chi connectivity index (χ1) is 12.8. The number of azo groups is 1. The van der Waals surface area contributed by atoms with Gasteiger partial charge in [-0.05, 0) is 31.3 Å². The van der Waals surface area contributed by atoms with Crippen molar-refractivity contribution in [3.8, 4) is 5.88 Å². The zero-order chi connectivity index (χ0) is 19.9. The lowest BCUT2D eigenvalue weighted by molar-refractivity contribution is -0.251. The summed E-state index contributed by atoms with van der Waals surface area (Å²) < 4.78 is 6.76. The van der Waals surface area contributed by atoms with Crippen molar-refractivity contribution in [1.82, 2.24) is 4.57 Å². The minimum absolute atomic E-state index is 0.0541. The van der Waals surface area contributed by atoms with E-state index in [9.17, 15) is 25.5 Å². The molecule has 3 rings (SSSR count). The number of nitrogens with zero attached hydrogens (tertiary/aromatic N) is 3. The summed E-state index contributed by atoms with van der Waals surface area (Å²) in [5.41, 5.74) is 6.69. The zero-order valence-corrected chi connectivity index (χ0v) is 15.1. The van der Waals surface area contributed by atoms with Crippen molar-refractivity contribution in [2.45, 2.75) is 37.6 Å². The van der Waals surface area contributed by atoms with Gasteiger partial charge in [0, 0.05) is 5.39 Å². The Bertz CT molecular complexity index is 899. The molecule has 2 aromatic rings. The van der Waals surface area contributed by atoms with Crippen molar-refractivity contribution in [3.05, 3.63) is 23.8 Å². The third-order valence-electron chi connectivity index (χ3n) is 4.48. The Labute approximate surface area is 159 Å². The van der Waals surface area contributed by atoms with Gasteiger partial charge in [0.2, 0.25) is 11.0 Å². The third-order valence-corrected chi connectivity index (χ3v) is 4.56. The van der Waals surface area contributed by atoms with Gasteiger partial charge in [-0.3, -0.25) is 4.57 Å². The van der Waals surface area contributed by atoms with E-state index in [0.29, 0.717) is 10.9 Å². The molecule has 1 fully saturated rings. The van der Waals surface area contributed by atoms with Crippen LogP contribution in [0.3, 0.4) is 0 Å². The minimum Gasteiger partial charge on any atom is -0.493 e. The van der Waals surface area contributed by atoms with Crippen molar-refractivity contribution >= 4 is 33.9 Å². The number of nitrogens with two attached hydrogens (primary N) is 1. The predicted molar refractivity (Wildman–Crippen MR) is 98.7 cm³/mol. The molecular weight excluding hydrogens is 376 g/mol. The summed E-state index contributed by atoms with van der Waals surface area (Å²) in [5.74, 6) is -0.403. The van der Waals surface area contributed by atoms with Crippen LogP contribution in [0.5, 0.6) is 5.88 Å². The van der Waals surface area contributed by atoms with E-state index in [2.05, 4.69) is 22.4 Å². The molecule has 0 radical (unpaired) electrons. The molecule has 10 nitrogen and oxygen atoms in total. The van der Waals surface area contributed by atoms with E-state index in [4.69, 9.17) is 10.5 Å². The average molecular weight is 396 g/mol. The van der Waals surface area contributed by atoms with Crippen LogP contribution in [0.15, 0.2) is 28.4 Å². The highest BCUT2D eigenvalue weighted by Gasteiger charge is 2.45. The number of fused-ring (bicyclic) bond motifs is 1. The molecule has 7 N–H and O–H groups in total. The number of aryl methyl sites for hydroxylation is 1. The van der Waals surface area contributed by atoms with Crippen molar-refractivity contribution in [3.63, 3.8) is 0 Å². The highest BCUT2D eigenvalue weighted by molar-refractivity contribution is 7.80. The maximum atomic E-state index is 10.7. The van der Waals surface area contributed by atoms with Crippen molar-refractivity contribution < 1.29 is 30.3 Å². The first kappa shape index (κ1) is 19.6. The molecule has 0 bridgehead atoms. The van der Waals surface area contributed by atoms with Crippen LogP contribution in [0.4, 0.5) is 5.69 Å². The molecular formula is C16H20N4O6S. The summed E-state index contributed by atoms with van der Waals surface area (Å²) in [6.07, 6.45) is -7.10. The predicted octanol–water partition coefficient (Wildman–Crippen LogP) is -0.0450. The fourth-order valence-corrected chi connectivity index (χ4v) is 3.19. The molecule has 2 heterocycles. The average Bonchev–Trinajstić information content (AvgIpc) is 2.89. The maximum absolute atomic E-state index is 10.7. The fourth-order valence-electron chi connectivity index (χ4n) is 3.15. The lowest BCUT2D eigenvalue weighted by Gasteiger charge is -2.40. The summed E-state index contributed by atoms with van der Waals surface area (Å²) >= 11 is 4.67. The number of aromatic nitrogens is 1. The van der Waals surface area contributed by atoms with Gasteiger partial charge in [0.15, 0.2) is 11.9 Å². The minimum atomic E-state index is -1.59. The molecule has 0 amide bonds. The van der Waals surface area contributed by atoms with Gasteiger partial charge in [-0.2, -0.15) is 0 Å². The second kappa shape index (κ2) is 7.46. The van der Waals surface area contributed by atoms with E-state index >= 15 is 0 Å². The monoisotopic (exact) mass is 396 g/mol. The highest BCUT2D eigenvalue weighted by atomic mass is 32.1. The van der Waals surface area contributed by atoms with Gasteiger partial charge < -0.3 is 36.0 Å². The summed E-state index contributed by atoms with van der Waals surface area (Å²) in [6.45, 7) is 1.25. The quantitative estimate of drug-likeness (QED) is 0.310. The van der Waals surface area contributed by atoms with Crippen molar-refractivity contribution in [1.29, 1.82) is 0 Å². The fraction of sp³-hybridized carbons (Fsp3) is 0.438. The smallest absolute Gasteiger partial charge is 0.223 e. The molecule has 1 aromatic carbocycles. The number of aliphatic hydroxyl groups is 4. The van der Waals surface area contributed by atoms with E-state index in [1.165, 1.54) is 4.57 Å². The van der Waals surface area contributed by atoms with Crippen LogP contribution >= 0.6 is 12.2 Å². The van der Waals surface area contributed by atoms with E-state index < -0.39 is 43.1 Å². The first-order valence-electron chi connectivity index (χ1n) is 8.11. The van der Waals surface area contributed by atoms with E-state index in [-0.39, 0.29) is 10.8 Å². The van der Waals surface area contributed by atoms with E-state index in [0.717, 1.165) is 5.56 Å². The van der Waals surface area contributed by atoms with Crippen molar-refractivity contribution in [2.24, 2.45) is 16.0 Å². The Hall–Kier alpha value is -2.15. The number of hydrogen-bond acceptors (Lipinski definition) is 8. The topological polar surface area (TPSA) is 166 Å². The number of aliphatic hydroxyl groups excluding tert-OH is 4. The number of hydrogen-bond donors (Lipinski definition) is 6. The molecule has 146 valence electrons. The lowest BCUT2D eigenvalue weighted by atomic mass is 9.98. The summed E-state index contributed by atoms with van der Waals surface area (Å²) in [7, 11) is 0. The molecule has 1 saturated heterocycles. The molecule has 5 unspecified atom stereocenters. The molecule has 5 atom stereocenters. The second-order valence-corrected chi connectivity index (χ2v) is 6.74. The summed E-state index contributed by atoms with van der Waals surface area (Å²) in [6, 6.07) is 5.19. The number of benzene rings is 1. The summed E-state index contributed by atoms with van der Waals surface area (Å²) in [5, 5.41) is 58.3. The largest absolute Gasteiger partial charge is 0.493 e. The molecule has 11 heteroatoms. The van der Waals surface area contributed by atoms with Gasteiger partial charge in [-0.15, -0.1) is 10.2 Å². The van der Waals surface area contributed by atoms with E-state index in [1.807, 2.05) is 6.92 Å². The van der Waals surface area contributed by atoms with Crippen molar-refractivity contribution in [2.75, 3.05) is 6.61 Å². The molecule has 1 aromatic heterocycles. The van der Waals surface area contributed by atoms with Gasteiger partial charge in [-0.25, -0.2) is 0 Å². The van der Waals surface area contributed by atoms with Crippen LogP contribution in [0, 0.1) is 6.92 Å². The van der Waals surface area contributed by atoms with Crippen LogP contribution in [0.25, 0.3) is 10.9 Å². The third kappa shape index (κ3) is 3.40. The first-order valence-corrected chi connectivity index (χ1v) is 8.52. The SMILES string of the molecule is Cc1ccc2c(c1)c(N=NC(N)=S)c(O)n2C1OC(CO)C(O)C(O)C1O. The Balaban J connectivity index is 2.19. The molecule has 0 saturated carbocycles. The molecule has 0 spiro atoms. The van der Waals surface area contributed by atoms with Crippen LogP contribution < -0.4 is 5.73 Å². The summed E-state index contributed by atoms with van der Waals surface area (Å²) in [4.78, 5) is 0. The number of ether oxygens (including phenoxy) is 1. The zero-order valence-electron chi connectivity index (χ0n) is 14.3. The molecule has 1 aliphatic heterocycles. The second-order valence-electron chi connectivity index (χ2n) is 6.32. The highest BCUT2D eigenvalue weighted by Crippen LogP contribution is 2.44. The van der Waals surface area contributed by atoms with Crippen LogP contribution in [0.2, 0.25) is 0 Å². The van der Waals surface area contributed by atoms with Gasteiger partial charge in [0.25, 0.3) is 0 Å². The molecule has 1 aliphatic rings. The number of aromatic hydroxyl groups is 1. The van der Waals surface area contributed by atoms with Gasteiger partial charge in [0.05, 0.1) is 12.1 Å².